The van der Waals surface area contributed by atoms with Crippen LogP contribution >= 0.6 is 0 Å². The van der Waals surface area contributed by atoms with E-state index >= 15 is 0 Å². The third-order valence-electron chi connectivity index (χ3n) is 5.18. The Morgan fingerprint density at radius 1 is 1.03 bits per heavy atom. The van der Waals surface area contributed by atoms with Crippen LogP contribution in [0.15, 0.2) is 48.7 Å². The van der Waals surface area contributed by atoms with E-state index < -0.39 is 17.7 Å². The highest BCUT2D eigenvalue weighted by Crippen LogP contribution is 2.27. The molecule has 33 heavy (non-hydrogen) atoms. The van der Waals surface area contributed by atoms with E-state index in [2.05, 4.69) is 30.7 Å². The number of aromatic nitrogens is 4. The molecule has 1 saturated heterocycles. The van der Waals surface area contributed by atoms with Crippen molar-refractivity contribution < 1.29 is 18.3 Å². The van der Waals surface area contributed by atoms with Crippen LogP contribution in [0, 0.1) is 11.6 Å². The Morgan fingerprint density at radius 2 is 1.82 bits per heavy atom. The fourth-order valence-electron chi connectivity index (χ4n) is 3.54. The second kappa shape index (κ2) is 8.79. The Hall–Kier alpha value is -4.12. The summed E-state index contributed by atoms with van der Waals surface area (Å²) in [4.78, 5) is 23.6. The molecule has 4 aromatic rings. The topological polar surface area (TPSA) is 108 Å². The van der Waals surface area contributed by atoms with Gasteiger partial charge in [-0.25, -0.2) is 23.5 Å². The van der Waals surface area contributed by atoms with Gasteiger partial charge < -0.3 is 20.3 Å². The molecule has 1 fully saturated rings. The predicted molar refractivity (Wildman–Crippen MR) is 119 cm³/mol. The van der Waals surface area contributed by atoms with Crippen molar-refractivity contribution in [1.82, 2.24) is 20.2 Å². The lowest BCUT2D eigenvalue weighted by atomic mass is 10.2. The second-order valence-electron chi connectivity index (χ2n) is 7.38. The number of ether oxygens (including phenoxy) is 1. The zero-order chi connectivity index (χ0) is 22.8. The molecule has 0 spiro atoms. The smallest absolute Gasteiger partial charge is 0.323 e. The molecule has 168 valence electrons. The Morgan fingerprint density at radius 3 is 2.58 bits per heavy atom. The van der Waals surface area contributed by atoms with Crippen LogP contribution in [-0.2, 0) is 4.74 Å². The first-order chi connectivity index (χ1) is 16.1. The van der Waals surface area contributed by atoms with E-state index in [0.717, 1.165) is 42.0 Å². The Balaban J connectivity index is 1.34. The maximum absolute atomic E-state index is 13.7. The number of fused-ring (bicyclic) bond motifs is 1. The van der Waals surface area contributed by atoms with Crippen molar-refractivity contribution in [2.24, 2.45) is 0 Å². The number of halogens is 2. The van der Waals surface area contributed by atoms with Gasteiger partial charge in [0.05, 0.1) is 30.5 Å². The molecule has 2 amide bonds. The number of anilines is 3. The number of aromatic amines is 1. The Labute approximate surface area is 186 Å². The van der Waals surface area contributed by atoms with Crippen LogP contribution in [0.2, 0.25) is 0 Å². The number of carbonyl (C=O) groups is 1. The summed E-state index contributed by atoms with van der Waals surface area (Å²) in [6.07, 6.45) is 1.71. The SMILES string of the molecule is O=C(Nc1ccc(-c2nc(N3CCOCC3)c3cn[nH]c3n2)cc1)Nc1ccc(F)cc1F. The average molecular weight is 451 g/mol. The fourth-order valence-corrected chi connectivity index (χ4v) is 3.54. The minimum atomic E-state index is -0.858. The van der Waals surface area contributed by atoms with Crippen LogP contribution in [0.5, 0.6) is 0 Å². The largest absolute Gasteiger partial charge is 0.378 e. The molecule has 3 N–H and O–H groups in total. The quantitative estimate of drug-likeness (QED) is 0.436. The van der Waals surface area contributed by atoms with Gasteiger partial charge in [0.2, 0.25) is 0 Å². The number of nitrogens with one attached hydrogen (secondary N) is 3. The maximum Gasteiger partial charge on any atom is 0.323 e. The zero-order valence-electron chi connectivity index (χ0n) is 17.3. The summed E-state index contributed by atoms with van der Waals surface area (Å²) in [7, 11) is 0. The minimum absolute atomic E-state index is 0.123. The summed E-state index contributed by atoms with van der Waals surface area (Å²) >= 11 is 0. The Bertz CT molecular complexity index is 1300. The number of benzene rings is 2. The number of amides is 2. The summed E-state index contributed by atoms with van der Waals surface area (Å²) in [5, 5.41) is 12.8. The monoisotopic (exact) mass is 451 g/mol. The third kappa shape index (κ3) is 4.44. The number of hydrogen-bond donors (Lipinski definition) is 3. The van der Waals surface area contributed by atoms with Gasteiger partial charge in [0.25, 0.3) is 0 Å². The van der Waals surface area contributed by atoms with Gasteiger partial charge in [-0.1, -0.05) is 0 Å². The van der Waals surface area contributed by atoms with Crippen LogP contribution in [0.3, 0.4) is 0 Å². The number of H-pyrrole nitrogens is 1. The molecule has 1 aliphatic heterocycles. The summed E-state index contributed by atoms with van der Waals surface area (Å²) in [6.45, 7) is 2.71. The number of hydrogen-bond acceptors (Lipinski definition) is 6. The van der Waals surface area contributed by atoms with Gasteiger partial charge in [-0.2, -0.15) is 5.10 Å². The van der Waals surface area contributed by atoms with Crippen LogP contribution in [-0.4, -0.2) is 52.5 Å². The van der Waals surface area contributed by atoms with Crippen LogP contribution < -0.4 is 15.5 Å². The normalized spacial score (nSPS) is 13.8. The van der Waals surface area contributed by atoms with E-state index in [-0.39, 0.29) is 5.69 Å². The molecule has 0 saturated carbocycles. The van der Waals surface area contributed by atoms with E-state index in [1.807, 2.05) is 0 Å². The lowest BCUT2D eigenvalue weighted by molar-refractivity contribution is 0.122. The van der Waals surface area contributed by atoms with Crippen LogP contribution in [0.4, 0.5) is 30.8 Å². The third-order valence-corrected chi connectivity index (χ3v) is 5.18. The van der Waals surface area contributed by atoms with Crippen molar-refractivity contribution in [2.45, 2.75) is 0 Å². The molecule has 2 aromatic heterocycles. The molecule has 0 aliphatic carbocycles. The minimum Gasteiger partial charge on any atom is -0.378 e. The highest BCUT2D eigenvalue weighted by molar-refractivity contribution is 6.00. The number of rotatable bonds is 4. The molecule has 3 heterocycles. The van der Waals surface area contributed by atoms with E-state index in [1.165, 1.54) is 0 Å². The number of carbonyl (C=O) groups excluding carboxylic acids is 1. The van der Waals surface area contributed by atoms with Crippen LogP contribution in [0.1, 0.15) is 0 Å². The van der Waals surface area contributed by atoms with E-state index in [1.54, 1.807) is 30.5 Å². The molecule has 0 radical (unpaired) electrons. The first-order valence-electron chi connectivity index (χ1n) is 10.2. The first kappa shape index (κ1) is 20.8. The van der Waals surface area contributed by atoms with Crippen molar-refractivity contribution in [3.63, 3.8) is 0 Å². The molecular weight excluding hydrogens is 432 g/mol. The molecule has 2 aromatic carbocycles. The lowest BCUT2D eigenvalue weighted by Crippen LogP contribution is -2.37. The maximum atomic E-state index is 13.7. The van der Waals surface area contributed by atoms with Gasteiger partial charge in [-0.15, -0.1) is 0 Å². The molecule has 0 unspecified atom stereocenters. The van der Waals surface area contributed by atoms with Crippen LogP contribution in [0.25, 0.3) is 22.4 Å². The van der Waals surface area contributed by atoms with Gasteiger partial charge in [-0.3, -0.25) is 5.10 Å². The molecule has 11 heteroatoms. The molecule has 0 atom stereocenters. The van der Waals surface area contributed by atoms with E-state index in [0.29, 0.717) is 36.4 Å². The average Bonchev–Trinajstić information content (AvgIpc) is 3.30. The summed E-state index contributed by atoms with van der Waals surface area (Å²) in [6, 6.07) is 9.18. The van der Waals surface area contributed by atoms with Crippen molar-refractivity contribution in [3.8, 4) is 11.4 Å². The number of urea groups is 1. The van der Waals surface area contributed by atoms with Crippen molar-refractivity contribution >= 4 is 34.3 Å². The summed E-state index contributed by atoms with van der Waals surface area (Å²) in [5.41, 5.74) is 1.73. The highest BCUT2D eigenvalue weighted by Gasteiger charge is 2.19. The van der Waals surface area contributed by atoms with Gasteiger partial charge in [0, 0.05) is 30.4 Å². The summed E-state index contributed by atoms with van der Waals surface area (Å²) in [5.74, 6) is -0.281. The Kier molecular flexibility index (Phi) is 5.53. The van der Waals surface area contributed by atoms with Gasteiger partial charge in [0.15, 0.2) is 11.5 Å². The number of morpholine rings is 1. The van der Waals surface area contributed by atoms with Gasteiger partial charge >= 0.3 is 6.03 Å². The predicted octanol–water partition coefficient (Wildman–Crippen LogP) is 3.78. The summed E-state index contributed by atoms with van der Waals surface area (Å²) < 4.78 is 32.2. The van der Waals surface area contributed by atoms with Crippen molar-refractivity contribution in [1.29, 1.82) is 0 Å². The zero-order valence-corrected chi connectivity index (χ0v) is 17.3. The highest BCUT2D eigenvalue weighted by atomic mass is 19.1. The number of nitrogens with zero attached hydrogens (tertiary/aromatic N) is 4. The van der Waals surface area contributed by atoms with E-state index in [4.69, 9.17) is 9.72 Å². The second-order valence-corrected chi connectivity index (χ2v) is 7.38. The molecular formula is C22H19F2N7O2. The van der Waals surface area contributed by atoms with E-state index in [9.17, 15) is 13.6 Å². The molecule has 0 bridgehead atoms. The molecule has 1 aliphatic rings. The van der Waals surface area contributed by atoms with Gasteiger partial charge in [0.1, 0.15) is 17.5 Å². The fraction of sp³-hybridized carbons (Fsp3) is 0.182. The first-order valence-corrected chi connectivity index (χ1v) is 10.2. The van der Waals surface area contributed by atoms with Crippen molar-refractivity contribution in [3.05, 3.63) is 60.3 Å². The molecule has 9 nitrogen and oxygen atoms in total. The lowest BCUT2D eigenvalue weighted by Gasteiger charge is -2.28. The molecule has 5 rings (SSSR count). The standard InChI is InChI=1S/C22H19F2N7O2/c23-14-3-6-18(17(24)11-14)27-22(32)26-15-4-1-13(2-5-15)19-28-20-16(12-25-30-20)21(29-19)31-7-9-33-10-8-31/h1-6,11-12H,7-10H2,(H2,26,27,32)(H,25,28,29,30). The van der Waals surface area contributed by atoms with Crippen molar-refractivity contribution in [2.75, 3.05) is 41.8 Å². The van der Waals surface area contributed by atoms with Gasteiger partial charge in [-0.05, 0) is 36.4 Å².